The molecule has 0 aromatic heterocycles. The number of carbonyl (C=O) groups is 4. The Bertz CT molecular complexity index is 1070. The summed E-state index contributed by atoms with van der Waals surface area (Å²) in [5.74, 6) is -1.26. The molecular formula is C20H15ClN2O6S. The maximum absolute atomic E-state index is 12.3. The van der Waals surface area contributed by atoms with Gasteiger partial charge in [-0.15, -0.1) is 0 Å². The van der Waals surface area contributed by atoms with E-state index in [9.17, 15) is 19.2 Å². The predicted molar refractivity (Wildman–Crippen MR) is 111 cm³/mol. The molecule has 0 unspecified atom stereocenters. The lowest BCUT2D eigenvalue weighted by Gasteiger charge is -2.09. The van der Waals surface area contributed by atoms with Gasteiger partial charge in [0.15, 0.2) is 0 Å². The molecule has 0 atom stereocenters. The highest BCUT2D eigenvalue weighted by molar-refractivity contribution is 8.18. The van der Waals surface area contributed by atoms with Crippen LogP contribution in [-0.2, 0) is 9.59 Å². The molecule has 10 heteroatoms. The Morgan fingerprint density at radius 2 is 1.87 bits per heavy atom. The monoisotopic (exact) mass is 446 g/mol. The molecule has 0 radical (unpaired) electrons. The molecule has 3 amide bonds. The Hall–Kier alpha value is -3.30. The molecule has 1 aliphatic rings. The smallest absolute Gasteiger partial charge is 0.343 e. The van der Waals surface area contributed by atoms with Gasteiger partial charge in [-0.3, -0.25) is 19.3 Å². The van der Waals surface area contributed by atoms with Crippen LogP contribution in [0.4, 0.5) is 4.79 Å². The zero-order valence-corrected chi connectivity index (χ0v) is 17.2. The van der Waals surface area contributed by atoms with Gasteiger partial charge in [0.2, 0.25) is 5.91 Å². The number of primary amides is 1. The second-order valence-corrected chi connectivity index (χ2v) is 7.44. The number of thioether (sulfide) groups is 1. The van der Waals surface area contributed by atoms with Gasteiger partial charge in [0.05, 0.1) is 22.6 Å². The number of imide groups is 1. The Labute approximate surface area is 180 Å². The van der Waals surface area contributed by atoms with Crippen molar-refractivity contribution in [3.63, 3.8) is 0 Å². The maximum Gasteiger partial charge on any atom is 0.343 e. The number of rotatable bonds is 6. The van der Waals surface area contributed by atoms with Gasteiger partial charge in [0.25, 0.3) is 11.1 Å². The fourth-order valence-corrected chi connectivity index (χ4v) is 3.58. The van der Waals surface area contributed by atoms with Crippen LogP contribution in [0.25, 0.3) is 6.08 Å². The Kier molecular flexibility index (Phi) is 6.43. The summed E-state index contributed by atoms with van der Waals surface area (Å²) in [7, 11) is 1.52. The number of nitrogens with two attached hydrogens (primary N) is 1. The fraction of sp³-hybridized carbons (Fsp3) is 0.100. The molecule has 1 aliphatic heterocycles. The molecule has 1 fully saturated rings. The first-order valence-electron chi connectivity index (χ1n) is 8.48. The highest BCUT2D eigenvalue weighted by Crippen LogP contribution is 2.33. The number of halogens is 1. The van der Waals surface area contributed by atoms with E-state index in [1.165, 1.54) is 25.3 Å². The van der Waals surface area contributed by atoms with E-state index in [2.05, 4.69) is 0 Å². The number of esters is 1. The quantitative estimate of drug-likeness (QED) is 0.411. The normalized spacial score (nSPS) is 14.9. The number of carbonyl (C=O) groups excluding carboxylic acids is 4. The molecule has 3 rings (SSSR count). The third-order valence-corrected chi connectivity index (χ3v) is 5.17. The number of amides is 3. The molecule has 0 bridgehead atoms. The van der Waals surface area contributed by atoms with Gasteiger partial charge in [-0.05, 0) is 59.8 Å². The number of hydrogen-bond donors (Lipinski definition) is 1. The van der Waals surface area contributed by atoms with Gasteiger partial charge >= 0.3 is 5.97 Å². The van der Waals surface area contributed by atoms with E-state index >= 15 is 0 Å². The highest BCUT2D eigenvalue weighted by Gasteiger charge is 2.35. The van der Waals surface area contributed by atoms with Crippen LogP contribution in [0.15, 0.2) is 47.4 Å². The molecule has 8 nitrogen and oxygen atoms in total. The molecule has 30 heavy (non-hydrogen) atoms. The summed E-state index contributed by atoms with van der Waals surface area (Å²) in [5, 5.41) is -0.442. The molecule has 0 saturated carbocycles. The number of benzene rings is 2. The standard InChI is InChI=1S/C20H15ClN2O6S/c1-28-13-5-3-12(4-6-13)19(26)29-15-7-2-11(8-14(15)21)9-16-18(25)23(10-17(22)24)20(27)30-16/h2-9H,10H2,1H3,(H2,22,24)/b16-9-. The van der Waals surface area contributed by atoms with Gasteiger partial charge in [-0.1, -0.05) is 17.7 Å². The molecule has 2 N–H and O–H groups in total. The van der Waals surface area contributed by atoms with E-state index in [4.69, 9.17) is 26.8 Å². The molecule has 1 saturated heterocycles. The van der Waals surface area contributed by atoms with Crippen molar-refractivity contribution in [3.05, 3.63) is 63.5 Å². The van der Waals surface area contributed by atoms with E-state index in [1.54, 1.807) is 30.3 Å². The van der Waals surface area contributed by atoms with E-state index < -0.39 is 29.6 Å². The van der Waals surface area contributed by atoms with Crippen LogP contribution in [0.1, 0.15) is 15.9 Å². The van der Waals surface area contributed by atoms with Crippen LogP contribution in [-0.4, -0.2) is 41.6 Å². The minimum Gasteiger partial charge on any atom is -0.497 e. The van der Waals surface area contributed by atoms with Crippen molar-refractivity contribution in [2.24, 2.45) is 5.73 Å². The number of ether oxygens (including phenoxy) is 2. The predicted octanol–water partition coefficient (Wildman–Crippen LogP) is 3.09. The highest BCUT2D eigenvalue weighted by atomic mass is 35.5. The van der Waals surface area contributed by atoms with Crippen LogP contribution in [0.5, 0.6) is 11.5 Å². The van der Waals surface area contributed by atoms with Crippen molar-refractivity contribution < 1.29 is 28.7 Å². The van der Waals surface area contributed by atoms with Crippen molar-refractivity contribution in [2.75, 3.05) is 13.7 Å². The lowest BCUT2D eigenvalue weighted by atomic mass is 10.2. The summed E-state index contributed by atoms with van der Waals surface area (Å²) >= 11 is 6.89. The average Bonchev–Trinajstić information content (AvgIpc) is 2.97. The fourth-order valence-electron chi connectivity index (χ4n) is 2.52. The SMILES string of the molecule is COc1ccc(C(=O)Oc2ccc(/C=C3\SC(=O)N(CC(N)=O)C3=O)cc2Cl)cc1. The molecule has 2 aromatic rings. The van der Waals surface area contributed by atoms with Gasteiger partial charge in [-0.25, -0.2) is 4.79 Å². The Balaban J connectivity index is 1.74. The molecule has 0 aliphatic carbocycles. The van der Waals surface area contributed by atoms with Crippen molar-refractivity contribution in [2.45, 2.75) is 0 Å². The average molecular weight is 447 g/mol. The van der Waals surface area contributed by atoms with Crippen LogP contribution in [0, 0.1) is 0 Å². The van der Waals surface area contributed by atoms with Crippen LogP contribution < -0.4 is 15.2 Å². The molecule has 2 aromatic carbocycles. The minimum absolute atomic E-state index is 0.125. The lowest BCUT2D eigenvalue weighted by Crippen LogP contribution is -2.36. The number of methoxy groups -OCH3 is 1. The zero-order valence-electron chi connectivity index (χ0n) is 15.6. The summed E-state index contributed by atoms with van der Waals surface area (Å²) in [4.78, 5) is 48.3. The van der Waals surface area contributed by atoms with E-state index in [0.717, 1.165) is 4.90 Å². The molecule has 0 spiro atoms. The summed E-state index contributed by atoms with van der Waals surface area (Å²) in [6, 6.07) is 10.9. The Morgan fingerprint density at radius 1 is 1.17 bits per heavy atom. The first kappa shape index (κ1) is 21.4. The number of hydrogen-bond acceptors (Lipinski definition) is 7. The van der Waals surface area contributed by atoms with Gasteiger partial charge in [0.1, 0.15) is 18.0 Å². The first-order valence-corrected chi connectivity index (χ1v) is 9.67. The van der Waals surface area contributed by atoms with E-state index in [0.29, 0.717) is 28.6 Å². The van der Waals surface area contributed by atoms with E-state index in [-0.39, 0.29) is 15.7 Å². The van der Waals surface area contributed by atoms with Crippen molar-refractivity contribution >= 4 is 52.5 Å². The van der Waals surface area contributed by atoms with Crippen LogP contribution >= 0.6 is 23.4 Å². The lowest BCUT2D eigenvalue weighted by molar-refractivity contribution is -0.127. The summed E-state index contributed by atoms with van der Waals surface area (Å²) in [5.41, 5.74) is 5.88. The van der Waals surface area contributed by atoms with Crippen molar-refractivity contribution in [1.82, 2.24) is 4.90 Å². The minimum atomic E-state index is -0.787. The largest absolute Gasteiger partial charge is 0.497 e. The van der Waals surface area contributed by atoms with Gasteiger partial charge in [0, 0.05) is 0 Å². The molecule has 1 heterocycles. The zero-order chi connectivity index (χ0) is 21.8. The van der Waals surface area contributed by atoms with E-state index in [1.807, 2.05) is 0 Å². The second-order valence-electron chi connectivity index (χ2n) is 6.04. The van der Waals surface area contributed by atoms with Crippen LogP contribution in [0.3, 0.4) is 0 Å². The summed E-state index contributed by atoms with van der Waals surface area (Å²) in [6.45, 7) is -0.483. The summed E-state index contributed by atoms with van der Waals surface area (Å²) < 4.78 is 10.4. The van der Waals surface area contributed by atoms with Gasteiger partial charge < -0.3 is 15.2 Å². The maximum atomic E-state index is 12.3. The topological polar surface area (TPSA) is 116 Å². The first-order chi connectivity index (χ1) is 14.3. The second kappa shape index (κ2) is 9.02. The van der Waals surface area contributed by atoms with Crippen molar-refractivity contribution in [1.29, 1.82) is 0 Å². The molecule has 154 valence electrons. The van der Waals surface area contributed by atoms with Crippen LogP contribution in [0.2, 0.25) is 5.02 Å². The Morgan fingerprint density at radius 3 is 2.47 bits per heavy atom. The molecular weight excluding hydrogens is 432 g/mol. The third-order valence-electron chi connectivity index (χ3n) is 3.97. The van der Waals surface area contributed by atoms with Gasteiger partial charge in [-0.2, -0.15) is 0 Å². The number of nitrogens with zero attached hydrogens (tertiary/aromatic N) is 1. The third kappa shape index (κ3) is 4.81. The summed E-state index contributed by atoms with van der Waals surface area (Å²) in [6.07, 6.45) is 1.45. The van der Waals surface area contributed by atoms with Crippen molar-refractivity contribution in [3.8, 4) is 11.5 Å².